The van der Waals surface area contributed by atoms with Crippen molar-refractivity contribution in [2.45, 2.75) is 5.88 Å². The van der Waals surface area contributed by atoms with Gasteiger partial charge in [-0.25, -0.2) is 4.98 Å². The maximum absolute atomic E-state index is 6.06. The number of benzene rings is 2. The Morgan fingerprint density at radius 3 is 2.72 bits per heavy atom. The summed E-state index contributed by atoms with van der Waals surface area (Å²) in [5, 5.41) is 0.569. The van der Waals surface area contributed by atoms with E-state index < -0.39 is 0 Å². The number of alkyl halides is 1. The predicted molar refractivity (Wildman–Crippen MR) is 74.0 cm³/mol. The third-order valence-electron chi connectivity index (χ3n) is 2.70. The molecular formula is C14H9Cl2NO. The summed E-state index contributed by atoms with van der Waals surface area (Å²) in [5.74, 6) is 1.03. The van der Waals surface area contributed by atoms with Crippen LogP contribution in [0, 0.1) is 0 Å². The molecule has 0 atom stereocenters. The summed E-state index contributed by atoms with van der Waals surface area (Å²) in [4.78, 5) is 4.43. The summed E-state index contributed by atoms with van der Waals surface area (Å²) in [6.07, 6.45) is 0. The van der Waals surface area contributed by atoms with Crippen LogP contribution < -0.4 is 0 Å². The Kier molecular flexibility index (Phi) is 2.98. The van der Waals surface area contributed by atoms with Crippen LogP contribution in [-0.2, 0) is 5.88 Å². The zero-order valence-corrected chi connectivity index (χ0v) is 10.9. The number of hydrogen-bond donors (Lipinski definition) is 0. The minimum Gasteiger partial charge on any atom is -0.435 e. The van der Waals surface area contributed by atoms with Gasteiger partial charge in [-0.05, 0) is 29.8 Å². The molecule has 0 bridgehead atoms. The third kappa shape index (κ3) is 1.98. The molecule has 1 heterocycles. The Morgan fingerprint density at radius 2 is 1.94 bits per heavy atom. The Balaban J connectivity index is 2.16. The second kappa shape index (κ2) is 4.63. The Labute approximate surface area is 114 Å². The van der Waals surface area contributed by atoms with Crippen LogP contribution >= 0.6 is 23.2 Å². The standard InChI is InChI=1S/C14H9Cl2NO/c15-8-9-3-1-4-10(7-9)14-17-12-6-2-5-11(16)13(12)18-14/h1-7H,8H2. The number of oxazole rings is 1. The fourth-order valence-electron chi connectivity index (χ4n) is 1.83. The quantitative estimate of drug-likeness (QED) is 0.624. The molecule has 0 aliphatic rings. The van der Waals surface area contributed by atoms with Crippen LogP contribution in [0.4, 0.5) is 0 Å². The topological polar surface area (TPSA) is 26.0 Å². The van der Waals surface area contributed by atoms with Gasteiger partial charge in [-0.2, -0.15) is 0 Å². The van der Waals surface area contributed by atoms with Crippen molar-refractivity contribution in [1.29, 1.82) is 0 Å². The monoisotopic (exact) mass is 277 g/mol. The van der Waals surface area contributed by atoms with Crippen LogP contribution in [0.5, 0.6) is 0 Å². The minimum absolute atomic E-state index is 0.467. The molecule has 3 aromatic rings. The predicted octanol–water partition coefficient (Wildman–Crippen LogP) is 4.89. The van der Waals surface area contributed by atoms with Gasteiger partial charge in [-0.15, -0.1) is 11.6 Å². The molecule has 90 valence electrons. The molecule has 0 amide bonds. The maximum atomic E-state index is 6.06. The SMILES string of the molecule is ClCc1cccc(-c2nc3cccc(Cl)c3o2)c1. The first-order chi connectivity index (χ1) is 8.78. The summed E-state index contributed by atoms with van der Waals surface area (Å²) in [6, 6.07) is 13.3. The largest absolute Gasteiger partial charge is 0.435 e. The summed E-state index contributed by atoms with van der Waals surface area (Å²) in [6.45, 7) is 0. The van der Waals surface area contributed by atoms with E-state index in [0.29, 0.717) is 22.4 Å². The number of para-hydroxylation sites is 1. The van der Waals surface area contributed by atoms with E-state index in [1.165, 1.54) is 0 Å². The molecule has 0 fully saturated rings. The molecule has 0 spiro atoms. The molecule has 0 saturated carbocycles. The lowest BCUT2D eigenvalue weighted by atomic mass is 10.1. The molecule has 2 aromatic carbocycles. The fraction of sp³-hybridized carbons (Fsp3) is 0.0714. The minimum atomic E-state index is 0.467. The number of fused-ring (bicyclic) bond motifs is 1. The van der Waals surface area contributed by atoms with Crippen LogP contribution in [-0.4, -0.2) is 4.98 Å². The molecule has 0 aliphatic carbocycles. The molecule has 0 unspecified atom stereocenters. The lowest BCUT2D eigenvalue weighted by Crippen LogP contribution is -1.81. The van der Waals surface area contributed by atoms with Gasteiger partial charge < -0.3 is 4.42 Å². The molecule has 0 N–H and O–H groups in total. The van der Waals surface area contributed by atoms with Gasteiger partial charge >= 0.3 is 0 Å². The molecule has 0 saturated heterocycles. The molecule has 18 heavy (non-hydrogen) atoms. The van der Waals surface area contributed by atoms with Crippen molar-refractivity contribution in [3.8, 4) is 11.5 Å². The Hall–Kier alpha value is -1.51. The number of nitrogens with zero attached hydrogens (tertiary/aromatic N) is 1. The first kappa shape index (κ1) is 11.6. The lowest BCUT2D eigenvalue weighted by Gasteiger charge is -1.98. The van der Waals surface area contributed by atoms with Gasteiger partial charge in [-0.3, -0.25) is 0 Å². The van der Waals surface area contributed by atoms with Crippen molar-refractivity contribution in [2.24, 2.45) is 0 Å². The van der Waals surface area contributed by atoms with Gasteiger partial charge in [0, 0.05) is 11.4 Å². The van der Waals surface area contributed by atoms with Crippen molar-refractivity contribution >= 4 is 34.3 Å². The average molecular weight is 278 g/mol. The van der Waals surface area contributed by atoms with Crippen LogP contribution in [0.25, 0.3) is 22.6 Å². The van der Waals surface area contributed by atoms with Gasteiger partial charge in [0.2, 0.25) is 5.89 Å². The average Bonchev–Trinajstić information content (AvgIpc) is 2.84. The van der Waals surface area contributed by atoms with Crippen LogP contribution in [0.15, 0.2) is 46.9 Å². The highest BCUT2D eigenvalue weighted by Gasteiger charge is 2.10. The van der Waals surface area contributed by atoms with Crippen molar-refractivity contribution < 1.29 is 4.42 Å². The van der Waals surface area contributed by atoms with E-state index >= 15 is 0 Å². The summed E-state index contributed by atoms with van der Waals surface area (Å²) < 4.78 is 5.70. The van der Waals surface area contributed by atoms with Crippen molar-refractivity contribution in [3.63, 3.8) is 0 Å². The fourth-order valence-corrected chi connectivity index (χ4v) is 2.20. The van der Waals surface area contributed by atoms with E-state index in [2.05, 4.69) is 4.98 Å². The molecular weight excluding hydrogens is 269 g/mol. The maximum Gasteiger partial charge on any atom is 0.227 e. The number of rotatable bonds is 2. The van der Waals surface area contributed by atoms with Crippen molar-refractivity contribution in [1.82, 2.24) is 4.98 Å². The first-order valence-corrected chi connectivity index (χ1v) is 6.39. The molecule has 0 aliphatic heterocycles. The zero-order valence-electron chi connectivity index (χ0n) is 9.36. The van der Waals surface area contributed by atoms with Gasteiger partial charge in [0.25, 0.3) is 0 Å². The second-order valence-corrected chi connectivity index (χ2v) is 4.62. The van der Waals surface area contributed by atoms with Crippen LogP contribution in [0.2, 0.25) is 5.02 Å². The smallest absolute Gasteiger partial charge is 0.227 e. The lowest BCUT2D eigenvalue weighted by molar-refractivity contribution is 0.620. The van der Waals surface area contributed by atoms with Crippen molar-refractivity contribution in [3.05, 3.63) is 53.1 Å². The molecule has 2 nitrogen and oxygen atoms in total. The van der Waals surface area contributed by atoms with E-state index in [4.69, 9.17) is 27.6 Å². The Morgan fingerprint density at radius 1 is 1.11 bits per heavy atom. The highest BCUT2D eigenvalue weighted by atomic mass is 35.5. The summed E-state index contributed by atoms with van der Waals surface area (Å²) in [5.41, 5.74) is 3.31. The molecule has 0 radical (unpaired) electrons. The van der Waals surface area contributed by atoms with Gasteiger partial charge in [-0.1, -0.05) is 29.8 Å². The van der Waals surface area contributed by atoms with E-state index in [1.807, 2.05) is 36.4 Å². The van der Waals surface area contributed by atoms with E-state index in [9.17, 15) is 0 Å². The Bertz CT molecular complexity index is 706. The van der Waals surface area contributed by atoms with E-state index in [1.54, 1.807) is 6.07 Å². The summed E-state index contributed by atoms with van der Waals surface area (Å²) >= 11 is 11.9. The molecule has 1 aromatic heterocycles. The van der Waals surface area contributed by atoms with Gasteiger partial charge in [0.05, 0.1) is 5.02 Å². The first-order valence-electron chi connectivity index (χ1n) is 5.48. The number of aromatic nitrogens is 1. The zero-order chi connectivity index (χ0) is 12.5. The summed E-state index contributed by atoms with van der Waals surface area (Å²) in [7, 11) is 0. The normalized spacial score (nSPS) is 11.0. The van der Waals surface area contributed by atoms with Crippen LogP contribution in [0.3, 0.4) is 0 Å². The van der Waals surface area contributed by atoms with Gasteiger partial charge in [0.15, 0.2) is 5.58 Å². The second-order valence-electron chi connectivity index (χ2n) is 3.94. The number of halogens is 2. The third-order valence-corrected chi connectivity index (χ3v) is 3.30. The molecule has 3 rings (SSSR count). The van der Waals surface area contributed by atoms with Crippen molar-refractivity contribution in [2.75, 3.05) is 0 Å². The highest BCUT2D eigenvalue weighted by Crippen LogP contribution is 2.29. The van der Waals surface area contributed by atoms with Gasteiger partial charge in [0.1, 0.15) is 5.52 Å². The highest BCUT2D eigenvalue weighted by molar-refractivity contribution is 6.34. The van der Waals surface area contributed by atoms with E-state index in [-0.39, 0.29) is 0 Å². The van der Waals surface area contributed by atoms with Crippen LogP contribution in [0.1, 0.15) is 5.56 Å². The molecule has 4 heteroatoms. The van der Waals surface area contributed by atoms with E-state index in [0.717, 1.165) is 16.6 Å². The number of hydrogen-bond acceptors (Lipinski definition) is 2.